The van der Waals surface area contributed by atoms with Crippen molar-refractivity contribution in [2.24, 2.45) is 0 Å². The summed E-state index contributed by atoms with van der Waals surface area (Å²) in [7, 11) is 0. The predicted octanol–water partition coefficient (Wildman–Crippen LogP) is 3.14. The Bertz CT molecular complexity index is 579. The van der Waals surface area contributed by atoms with E-state index >= 15 is 0 Å². The lowest BCUT2D eigenvalue weighted by Crippen LogP contribution is -2.18. The second-order valence-electron chi connectivity index (χ2n) is 4.31. The molecule has 0 aliphatic rings. The molecule has 0 atom stereocenters. The van der Waals surface area contributed by atoms with Crippen molar-refractivity contribution in [3.8, 4) is 0 Å². The summed E-state index contributed by atoms with van der Waals surface area (Å²) in [6.45, 7) is 0. The summed E-state index contributed by atoms with van der Waals surface area (Å²) in [5, 5.41) is 11.3. The molecule has 2 N–H and O–H groups in total. The molecule has 1 aromatic carbocycles. The van der Waals surface area contributed by atoms with Crippen molar-refractivity contribution in [1.82, 2.24) is 10.5 Å². The summed E-state index contributed by atoms with van der Waals surface area (Å²) < 4.78 is 0. The number of amides is 1. The Labute approximate surface area is 121 Å². The van der Waals surface area contributed by atoms with Crippen LogP contribution in [0.15, 0.2) is 35.7 Å². The lowest BCUT2D eigenvalue weighted by Gasteiger charge is -1.96. The summed E-state index contributed by atoms with van der Waals surface area (Å²) in [6.07, 6.45) is 5.75. The molecule has 1 heterocycles. The molecule has 2 rings (SSSR count). The number of nitrogens with one attached hydrogen (secondary N) is 1. The van der Waals surface area contributed by atoms with Gasteiger partial charge in [0.05, 0.1) is 5.69 Å². The van der Waals surface area contributed by atoms with Gasteiger partial charge in [0.2, 0.25) is 5.91 Å². The van der Waals surface area contributed by atoms with E-state index < -0.39 is 0 Å². The summed E-state index contributed by atoms with van der Waals surface area (Å²) in [5.41, 5.74) is 3.75. The molecule has 0 saturated carbocycles. The van der Waals surface area contributed by atoms with Gasteiger partial charge in [-0.15, -0.1) is 11.3 Å². The van der Waals surface area contributed by atoms with Crippen LogP contribution in [0.4, 0.5) is 0 Å². The van der Waals surface area contributed by atoms with Gasteiger partial charge < -0.3 is 0 Å². The molecule has 0 saturated heterocycles. The molecule has 0 spiro atoms. The normalized spacial score (nSPS) is 10.8. The van der Waals surface area contributed by atoms with E-state index in [0.717, 1.165) is 22.7 Å². The molecule has 1 amide bonds. The van der Waals surface area contributed by atoms with Crippen LogP contribution in [0, 0.1) is 0 Å². The second kappa shape index (κ2) is 7.57. The van der Waals surface area contributed by atoms with Gasteiger partial charge in [-0.05, 0) is 24.5 Å². The number of hydrogen-bond acceptors (Lipinski definition) is 4. The first kappa shape index (κ1) is 14.4. The molecule has 4 nitrogen and oxygen atoms in total. The van der Waals surface area contributed by atoms with Crippen LogP contribution >= 0.6 is 11.3 Å². The van der Waals surface area contributed by atoms with Crippen molar-refractivity contribution in [2.45, 2.75) is 19.3 Å². The molecule has 0 bridgehead atoms. The Hall–Kier alpha value is -1.98. The molecule has 104 valence electrons. The minimum absolute atomic E-state index is 0.309. The zero-order chi connectivity index (χ0) is 14.2. The second-order valence-corrected chi connectivity index (χ2v) is 5.20. The number of thiazole rings is 1. The predicted molar refractivity (Wildman–Crippen MR) is 80.4 cm³/mol. The number of carbonyl (C=O) groups is 1. The SMILES string of the molecule is O=C(CCCc1csc(C=Cc2ccccc2)n1)NO. The number of aryl methyl sites for hydroxylation is 1. The van der Waals surface area contributed by atoms with E-state index in [0.29, 0.717) is 12.8 Å². The van der Waals surface area contributed by atoms with Crippen molar-refractivity contribution >= 4 is 29.4 Å². The zero-order valence-corrected chi connectivity index (χ0v) is 11.8. The molecule has 5 heteroatoms. The molecular formula is C15H16N2O2S. The molecule has 20 heavy (non-hydrogen) atoms. The van der Waals surface area contributed by atoms with Gasteiger partial charge in [0.25, 0.3) is 0 Å². The highest BCUT2D eigenvalue weighted by Gasteiger charge is 2.02. The van der Waals surface area contributed by atoms with E-state index in [1.807, 2.05) is 47.9 Å². The highest BCUT2D eigenvalue weighted by atomic mass is 32.1. The Morgan fingerprint density at radius 3 is 2.85 bits per heavy atom. The Kier molecular flexibility index (Phi) is 5.46. The number of nitrogens with zero attached hydrogens (tertiary/aromatic N) is 1. The maximum atomic E-state index is 10.9. The molecule has 0 radical (unpaired) electrons. The molecule has 2 aromatic rings. The molecule has 0 aliphatic carbocycles. The first-order valence-electron chi connectivity index (χ1n) is 6.38. The Balaban J connectivity index is 1.86. The number of hydroxylamine groups is 1. The van der Waals surface area contributed by atoms with Crippen LogP contribution in [0.1, 0.15) is 29.1 Å². The van der Waals surface area contributed by atoms with E-state index in [-0.39, 0.29) is 5.91 Å². The number of rotatable bonds is 6. The molecule has 1 aromatic heterocycles. The average Bonchev–Trinajstić information content (AvgIpc) is 2.94. The van der Waals surface area contributed by atoms with Gasteiger partial charge in [-0.25, -0.2) is 10.5 Å². The van der Waals surface area contributed by atoms with Crippen LogP contribution in [-0.2, 0) is 11.2 Å². The summed E-state index contributed by atoms with van der Waals surface area (Å²) in [5.74, 6) is -0.357. The lowest BCUT2D eigenvalue weighted by atomic mass is 10.2. The summed E-state index contributed by atoms with van der Waals surface area (Å²) >= 11 is 1.59. The smallest absolute Gasteiger partial charge is 0.243 e. The van der Waals surface area contributed by atoms with Crippen LogP contribution in [0.2, 0.25) is 0 Å². The van der Waals surface area contributed by atoms with Crippen molar-refractivity contribution in [3.05, 3.63) is 52.0 Å². The van der Waals surface area contributed by atoms with Crippen LogP contribution in [-0.4, -0.2) is 16.1 Å². The number of benzene rings is 1. The van der Waals surface area contributed by atoms with Gasteiger partial charge in [-0.3, -0.25) is 10.0 Å². The van der Waals surface area contributed by atoms with E-state index in [4.69, 9.17) is 5.21 Å². The standard InChI is InChI=1S/C15H16N2O2S/c18-14(17-19)8-4-7-13-11-20-15(16-13)10-9-12-5-2-1-3-6-12/h1-3,5-6,9-11,19H,4,7-8H2,(H,17,18). The Morgan fingerprint density at radius 1 is 1.30 bits per heavy atom. The fourth-order valence-corrected chi connectivity index (χ4v) is 2.48. The molecule has 0 fully saturated rings. The highest BCUT2D eigenvalue weighted by Crippen LogP contribution is 2.15. The third-order valence-electron chi connectivity index (χ3n) is 2.75. The summed E-state index contributed by atoms with van der Waals surface area (Å²) in [4.78, 5) is 15.4. The third kappa shape index (κ3) is 4.60. The lowest BCUT2D eigenvalue weighted by molar-refractivity contribution is -0.129. The fourth-order valence-electron chi connectivity index (χ4n) is 1.73. The fraction of sp³-hybridized carbons (Fsp3) is 0.200. The monoisotopic (exact) mass is 288 g/mol. The minimum Gasteiger partial charge on any atom is -0.289 e. The Morgan fingerprint density at radius 2 is 2.10 bits per heavy atom. The zero-order valence-electron chi connectivity index (χ0n) is 11.0. The van der Waals surface area contributed by atoms with E-state index in [1.165, 1.54) is 0 Å². The molecule has 0 unspecified atom stereocenters. The van der Waals surface area contributed by atoms with Crippen LogP contribution in [0.25, 0.3) is 12.2 Å². The van der Waals surface area contributed by atoms with Gasteiger partial charge in [0, 0.05) is 11.8 Å². The van der Waals surface area contributed by atoms with E-state index in [1.54, 1.807) is 16.8 Å². The first-order valence-corrected chi connectivity index (χ1v) is 7.26. The van der Waals surface area contributed by atoms with E-state index in [2.05, 4.69) is 4.98 Å². The van der Waals surface area contributed by atoms with Crippen LogP contribution < -0.4 is 5.48 Å². The van der Waals surface area contributed by atoms with E-state index in [9.17, 15) is 4.79 Å². The number of carbonyl (C=O) groups excluding carboxylic acids is 1. The largest absolute Gasteiger partial charge is 0.289 e. The van der Waals surface area contributed by atoms with Gasteiger partial charge in [-0.2, -0.15) is 0 Å². The van der Waals surface area contributed by atoms with Crippen molar-refractivity contribution in [2.75, 3.05) is 0 Å². The van der Waals surface area contributed by atoms with Crippen LogP contribution in [0.5, 0.6) is 0 Å². The number of hydrogen-bond donors (Lipinski definition) is 2. The van der Waals surface area contributed by atoms with Crippen LogP contribution in [0.3, 0.4) is 0 Å². The maximum absolute atomic E-state index is 10.9. The molecular weight excluding hydrogens is 272 g/mol. The van der Waals surface area contributed by atoms with Gasteiger partial charge >= 0.3 is 0 Å². The maximum Gasteiger partial charge on any atom is 0.243 e. The molecule has 0 aliphatic heterocycles. The quantitative estimate of drug-likeness (QED) is 0.634. The van der Waals surface area contributed by atoms with Gasteiger partial charge in [-0.1, -0.05) is 36.4 Å². The van der Waals surface area contributed by atoms with Crippen molar-refractivity contribution in [1.29, 1.82) is 0 Å². The summed E-state index contributed by atoms with van der Waals surface area (Å²) in [6, 6.07) is 10.1. The number of aromatic nitrogens is 1. The van der Waals surface area contributed by atoms with Gasteiger partial charge in [0.15, 0.2) is 0 Å². The topological polar surface area (TPSA) is 62.2 Å². The minimum atomic E-state index is -0.357. The van der Waals surface area contributed by atoms with Crippen molar-refractivity contribution < 1.29 is 10.0 Å². The third-order valence-corrected chi connectivity index (χ3v) is 3.61. The first-order chi connectivity index (χ1) is 9.78. The van der Waals surface area contributed by atoms with Crippen molar-refractivity contribution in [3.63, 3.8) is 0 Å². The highest BCUT2D eigenvalue weighted by molar-refractivity contribution is 7.10. The average molecular weight is 288 g/mol. The van der Waals surface area contributed by atoms with Gasteiger partial charge in [0.1, 0.15) is 5.01 Å².